The lowest BCUT2D eigenvalue weighted by Crippen LogP contribution is -2.14. The predicted octanol–water partition coefficient (Wildman–Crippen LogP) is 8.35. The van der Waals surface area contributed by atoms with E-state index in [1.807, 2.05) is 29.8 Å². The fourth-order valence-electron chi connectivity index (χ4n) is 5.17. The van der Waals surface area contributed by atoms with Gasteiger partial charge in [-0.15, -0.1) is 21.5 Å². The average molecular weight is 618 g/mol. The highest BCUT2D eigenvalue weighted by atomic mass is 32.2. The van der Waals surface area contributed by atoms with E-state index in [0.29, 0.717) is 6.42 Å². The van der Waals surface area contributed by atoms with Gasteiger partial charge in [0, 0.05) is 24.9 Å². The molecular formula is C34H27N5OS3. The zero-order chi connectivity index (χ0) is 29.2. The first kappa shape index (κ1) is 27.6. The normalized spacial score (nSPS) is 11.5. The van der Waals surface area contributed by atoms with Crippen molar-refractivity contribution >= 4 is 78.2 Å². The van der Waals surface area contributed by atoms with Gasteiger partial charge in [0.05, 0.1) is 16.0 Å². The summed E-state index contributed by atoms with van der Waals surface area (Å²) >= 11 is 4.78. The van der Waals surface area contributed by atoms with Crippen LogP contribution in [0.3, 0.4) is 0 Å². The first-order valence-corrected chi connectivity index (χ1v) is 16.7. The molecule has 43 heavy (non-hydrogen) atoms. The Morgan fingerprint density at radius 3 is 2.30 bits per heavy atom. The maximum atomic E-state index is 12.8. The van der Waals surface area contributed by atoms with E-state index in [9.17, 15) is 4.79 Å². The van der Waals surface area contributed by atoms with Crippen molar-refractivity contribution in [1.82, 2.24) is 19.7 Å². The minimum atomic E-state index is -0.0852. The number of nitrogens with zero attached hydrogens (tertiary/aromatic N) is 4. The van der Waals surface area contributed by atoms with Gasteiger partial charge in [0.2, 0.25) is 5.91 Å². The van der Waals surface area contributed by atoms with Gasteiger partial charge in [0.25, 0.3) is 0 Å². The van der Waals surface area contributed by atoms with Crippen LogP contribution in [-0.2, 0) is 24.0 Å². The number of hydrogen-bond acceptors (Lipinski definition) is 7. The molecule has 0 saturated heterocycles. The van der Waals surface area contributed by atoms with Crippen molar-refractivity contribution in [3.05, 3.63) is 120 Å². The van der Waals surface area contributed by atoms with Gasteiger partial charge < -0.3 is 9.88 Å². The van der Waals surface area contributed by atoms with Crippen molar-refractivity contribution in [3.63, 3.8) is 0 Å². The minimum absolute atomic E-state index is 0.0852. The van der Waals surface area contributed by atoms with Crippen LogP contribution >= 0.6 is 34.9 Å². The molecule has 1 amide bonds. The smallest absolute Gasteiger partial charge is 0.234 e. The fourth-order valence-corrected chi connectivity index (χ4v) is 8.01. The quantitative estimate of drug-likeness (QED) is 0.164. The van der Waals surface area contributed by atoms with Crippen LogP contribution in [0.5, 0.6) is 0 Å². The first-order valence-electron chi connectivity index (χ1n) is 13.9. The summed E-state index contributed by atoms with van der Waals surface area (Å²) in [6.07, 6.45) is 0.675. The Hall–Kier alpha value is -4.18. The number of aromatic nitrogens is 4. The van der Waals surface area contributed by atoms with E-state index in [1.165, 1.54) is 44.4 Å². The molecule has 5 aromatic carbocycles. The topological polar surface area (TPSA) is 72.7 Å². The number of rotatable bonds is 9. The van der Waals surface area contributed by atoms with Crippen molar-refractivity contribution in [1.29, 1.82) is 0 Å². The zero-order valence-electron chi connectivity index (χ0n) is 23.4. The second-order valence-corrected chi connectivity index (χ2v) is 13.4. The largest absolute Gasteiger partial charge is 0.325 e. The molecule has 0 aliphatic carbocycles. The molecule has 0 radical (unpaired) electrons. The maximum Gasteiger partial charge on any atom is 0.234 e. The van der Waals surface area contributed by atoms with Crippen LogP contribution < -0.4 is 5.32 Å². The van der Waals surface area contributed by atoms with Crippen LogP contribution in [0, 0.1) is 0 Å². The summed E-state index contributed by atoms with van der Waals surface area (Å²) in [7, 11) is 1.95. The van der Waals surface area contributed by atoms with Gasteiger partial charge in [-0.2, -0.15) is 0 Å². The van der Waals surface area contributed by atoms with E-state index in [4.69, 9.17) is 4.98 Å². The van der Waals surface area contributed by atoms with Crippen LogP contribution in [0.25, 0.3) is 31.8 Å². The number of hydrogen-bond donors (Lipinski definition) is 1. The molecule has 0 unspecified atom stereocenters. The fraction of sp³-hybridized carbons (Fsp3) is 0.118. The Kier molecular flexibility index (Phi) is 7.84. The van der Waals surface area contributed by atoms with Crippen LogP contribution in [0.1, 0.15) is 17.0 Å². The third-order valence-electron chi connectivity index (χ3n) is 7.37. The summed E-state index contributed by atoms with van der Waals surface area (Å²) in [4.78, 5) is 17.7. The van der Waals surface area contributed by atoms with Crippen molar-refractivity contribution in [2.45, 2.75) is 21.7 Å². The molecule has 0 atom stereocenters. The van der Waals surface area contributed by atoms with Gasteiger partial charge in [-0.25, -0.2) is 4.98 Å². The van der Waals surface area contributed by atoms with Crippen molar-refractivity contribution in [2.75, 3.05) is 11.1 Å². The van der Waals surface area contributed by atoms with Crippen molar-refractivity contribution in [2.24, 2.45) is 7.05 Å². The molecule has 0 spiro atoms. The van der Waals surface area contributed by atoms with E-state index in [-0.39, 0.29) is 11.7 Å². The van der Waals surface area contributed by atoms with E-state index in [0.717, 1.165) is 37.0 Å². The molecule has 7 aromatic rings. The Bertz CT molecular complexity index is 2090. The third kappa shape index (κ3) is 6.01. The molecule has 1 N–H and O–H groups in total. The Balaban J connectivity index is 0.969. The number of fused-ring (bicyclic) bond motifs is 3. The highest BCUT2D eigenvalue weighted by Gasteiger charge is 2.14. The number of carbonyl (C=O) groups excluding carboxylic acids is 1. The highest BCUT2D eigenvalue weighted by Crippen LogP contribution is 2.34. The van der Waals surface area contributed by atoms with Crippen LogP contribution in [0.4, 0.5) is 5.69 Å². The first-order chi connectivity index (χ1) is 21.1. The lowest BCUT2D eigenvalue weighted by Gasteiger charge is -2.07. The molecule has 0 aliphatic heterocycles. The summed E-state index contributed by atoms with van der Waals surface area (Å²) in [5.74, 6) is 1.88. The number of anilines is 1. The van der Waals surface area contributed by atoms with E-state index in [2.05, 4.69) is 100 Å². The summed E-state index contributed by atoms with van der Waals surface area (Å²) in [6.45, 7) is 0. The molecule has 0 saturated carbocycles. The zero-order valence-corrected chi connectivity index (χ0v) is 25.8. The molecule has 0 bridgehead atoms. The lowest BCUT2D eigenvalue weighted by atomic mass is 10.0. The maximum absolute atomic E-state index is 12.8. The second-order valence-electron chi connectivity index (χ2n) is 10.2. The Labute approximate surface area is 261 Å². The Morgan fingerprint density at radius 1 is 0.814 bits per heavy atom. The molecule has 6 nitrogen and oxygen atoms in total. The van der Waals surface area contributed by atoms with E-state index < -0.39 is 0 Å². The Morgan fingerprint density at radius 2 is 1.51 bits per heavy atom. The van der Waals surface area contributed by atoms with E-state index in [1.54, 1.807) is 23.1 Å². The van der Waals surface area contributed by atoms with Crippen LogP contribution in [-0.4, -0.2) is 31.4 Å². The molecule has 9 heteroatoms. The summed E-state index contributed by atoms with van der Waals surface area (Å²) < 4.78 is 4.04. The van der Waals surface area contributed by atoms with Gasteiger partial charge in [-0.05, 0) is 50.9 Å². The highest BCUT2D eigenvalue weighted by molar-refractivity contribution is 8.00. The lowest BCUT2D eigenvalue weighted by molar-refractivity contribution is -0.113. The molecular weight excluding hydrogens is 591 g/mol. The predicted molar refractivity (Wildman–Crippen MR) is 180 cm³/mol. The van der Waals surface area contributed by atoms with Gasteiger partial charge in [0.1, 0.15) is 5.82 Å². The molecule has 2 heterocycles. The number of amides is 1. The molecule has 7 rings (SSSR count). The molecule has 0 aliphatic rings. The SMILES string of the molecule is Cn1c(Cc2cccc3ccccc23)nnc1SCC(=O)Nc1ccc2nc(SCc3cccc4ccccc34)sc2c1. The van der Waals surface area contributed by atoms with Crippen molar-refractivity contribution in [3.8, 4) is 0 Å². The molecule has 0 fully saturated rings. The van der Waals surface area contributed by atoms with Crippen molar-refractivity contribution < 1.29 is 4.79 Å². The third-order valence-corrected chi connectivity index (χ3v) is 10.6. The number of thiazole rings is 1. The second kappa shape index (κ2) is 12.2. The van der Waals surface area contributed by atoms with E-state index >= 15 is 0 Å². The average Bonchev–Trinajstić information content (AvgIpc) is 3.61. The minimum Gasteiger partial charge on any atom is -0.325 e. The van der Waals surface area contributed by atoms with Gasteiger partial charge in [0.15, 0.2) is 9.50 Å². The molecule has 2 aromatic heterocycles. The summed E-state index contributed by atoms with van der Waals surface area (Å²) in [5, 5.41) is 17.5. The van der Waals surface area contributed by atoms with Crippen LogP contribution in [0.15, 0.2) is 113 Å². The van der Waals surface area contributed by atoms with Gasteiger partial charge in [-0.1, -0.05) is 108 Å². The summed E-state index contributed by atoms with van der Waals surface area (Å²) in [6, 6.07) is 35.5. The van der Waals surface area contributed by atoms with Gasteiger partial charge in [-0.3, -0.25) is 4.79 Å². The monoisotopic (exact) mass is 617 g/mol. The summed E-state index contributed by atoms with van der Waals surface area (Å²) in [5.41, 5.74) is 4.21. The number of carbonyl (C=O) groups is 1. The number of benzene rings is 5. The molecule has 212 valence electrons. The van der Waals surface area contributed by atoms with Gasteiger partial charge >= 0.3 is 0 Å². The number of thioether (sulfide) groups is 2. The standard InChI is InChI=1S/C34H27N5OS3/c1-39-31(18-24-12-6-10-22-8-2-4-14-27(22)24)37-38-33(39)41-21-32(40)35-26-16-17-29-30(19-26)43-34(36-29)42-20-25-13-7-11-23-9-3-5-15-28(23)25/h2-17,19H,18,20-21H2,1H3,(H,35,40). The number of nitrogens with one attached hydrogen (secondary N) is 1. The van der Waals surface area contributed by atoms with Crippen LogP contribution in [0.2, 0.25) is 0 Å².